The first-order chi connectivity index (χ1) is 16.5. The summed E-state index contributed by atoms with van der Waals surface area (Å²) in [4.78, 5) is 29.9. The molecule has 3 fully saturated rings. The molecule has 180 valence electrons. The van der Waals surface area contributed by atoms with Crippen LogP contribution in [0.1, 0.15) is 44.1 Å². The molecule has 0 radical (unpaired) electrons. The number of likely N-dealkylation sites (tertiary alicyclic amines) is 1. The van der Waals surface area contributed by atoms with Crippen molar-refractivity contribution in [1.82, 2.24) is 9.80 Å². The van der Waals surface area contributed by atoms with Crippen LogP contribution < -0.4 is 10.4 Å². The fourth-order valence-electron chi connectivity index (χ4n) is 6.91. The highest BCUT2D eigenvalue weighted by atomic mass is 35.5. The van der Waals surface area contributed by atoms with E-state index in [1.54, 1.807) is 12.1 Å². The molecule has 0 spiro atoms. The van der Waals surface area contributed by atoms with Crippen LogP contribution in [0.4, 0.5) is 0 Å². The molecule has 0 unspecified atom stereocenters. The molecule has 0 saturated carbocycles. The first kappa shape index (κ1) is 22.2. The van der Waals surface area contributed by atoms with Crippen LogP contribution in [0.3, 0.4) is 0 Å². The highest BCUT2D eigenvalue weighted by Crippen LogP contribution is 2.45. The second kappa shape index (κ2) is 8.72. The van der Waals surface area contributed by atoms with Gasteiger partial charge in [0.15, 0.2) is 6.61 Å². The lowest BCUT2D eigenvalue weighted by molar-refractivity contribution is -0.138. The van der Waals surface area contributed by atoms with Crippen molar-refractivity contribution >= 4 is 28.5 Å². The molecule has 1 aromatic heterocycles. The van der Waals surface area contributed by atoms with Gasteiger partial charge in [-0.25, -0.2) is 4.79 Å². The molecule has 4 atom stereocenters. The highest BCUT2D eigenvalue weighted by Gasteiger charge is 2.46. The molecule has 2 bridgehead atoms. The first-order valence-corrected chi connectivity index (χ1v) is 13.0. The van der Waals surface area contributed by atoms with E-state index in [9.17, 15) is 9.59 Å². The van der Waals surface area contributed by atoms with Crippen molar-refractivity contribution in [1.29, 1.82) is 0 Å². The van der Waals surface area contributed by atoms with Gasteiger partial charge in [0.25, 0.3) is 5.91 Å². The standard InChI is InChI=1S/C27H31ClN2O4/c1-16-9-26(32)34-23-13-24(21(28)12-20(16)23)33-15-25(31)30-8-4-5-17-10-18-11-19(27(17)30)14-29-7-3-2-6-22(18)29/h9-10,12-13,18-19,22,27H,2-8,11,14-15H2,1H3/t18-,19-,22-,27-/m0/s1. The first-order valence-electron chi connectivity index (χ1n) is 12.6. The summed E-state index contributed by atoms with van der Waals surface area (Å²) in [6.07, 6.45) is 9.77. The number of hydrogen-bond donors (Lipinski definition) is 0. The van der Waals surface area contributed by atoms with Crippen LogP contribution in [0.25, 0.3) is 11.0 Å². The maximum Gasteiger partial charge on any atom is 0.336 e. The van der Waals surface area contributed by atoms with Gasteiger partial charge < -0.3 is 14.1 Å². The number of amides is 1. The van der Waals surface area contributed by atoms with E-state index in [4.69, 9.17) is 20.8 Å². The molecule has 1 aromatic carbocycles. The van der Waals surface area contributed by atoms with Gasteiger partial charge in [0.1, 0.15) is 11.3 Å². The number of benzene rings is 1. The Hall–Kier alpha value is -2.31. The van der Waals surface area contributed by atoms with Gasteiger partial charge in [0, 0.05) is 36.7 Å². The van der Waals surface area contributed by atoms with E-state index in [0.717, 1.165) is 36.9 Å². The van der Waals surface area contributed by atoms with E-state index in [1.165, 1.54) is 43.9 Å². The fourth-order valence-corrected chi connectivity index (χ4v) is 7.12. The molecule has 2 aromatic rings. The molecule has 4 aliphatic rings. The summed E-state index contributed by atoms with van der Waals surface area (Å²) in [6, 6.07) is 5.68. The number of aryl methyl sites for hydroxylation is 1. The molecule has 6 rings (SSSR count). The maximum atomic E-state index is 13.4. The van der Waals surface area contributed by atoms with Crippen LogP contribution >= 0.6 is 11.6 Å². The number of hydrogen-bond acceptors (Lipinski definition) is 5. The van der Waals surface area contributed by atoms with Crippen LogP contribution in [0, 0.1) is 18.8 Å². The Bertz CT molecular complexity index is 1220. The van der Waals surface area contributed by atoms with Gasteiger partial charge in [-0.3, -0.25) is 9.69 Å². The van der Waals surface area contributed by atoms with Crippen LogP contribution in [0.15, 0.2) is 39.1 Å². The Morgan fingerprint density at radius 1 is 1.21 bits per heavy atom. The normalized spacial score (nSPS) is 28.8. The maximum absolute atomic E-state index is 13.4. The smallest absolute Gasteiger partial charge is 0.336 e. The third-order valence-electron chi connectivity index (χ3n) is 8.33. The monoisotopic (exact) mass is 482 g/mol. The third-order valence-corrected chi connectivity index (χ3v) is 8.63. The molecule has 3 aliphatic heterocycles. The summed E-state index contributed by atoms with van der Waals surface area (Å²) in [5.41, 5.74) is 2.26. The largest absolute Gasteiger partial charge is 0.482 e. The Morgan fingerprint density at radius 3 is 2.97 bits per heavy atom. The van der Waals surface area contributed by atoms with Gasteiger partial charge in [-0.05, 0) is 69.0 Å². The van der Waals surface area contributed by atoms with Crippen LogP contribution in [-0.4, -0.2) is 54.0 Å². The Balaban J connectivity index is 1.21. The summed E-state index contributed by atoms with van der Waals surface area (Å²) >= 11 is 6.44. The summed E-state index contributed by atoms with van der Waals surface area (Å²) in [5.74, 6) is 1.51. The van der Waals surface area contributed by atoms with Gasteiger partial charge in [0.05, 0.1) is 11.1 Å². The summed E-state index contributed by atoms with van der Waals surface area (Å²) < 4.78 is 11.2. The van der Waals surface area contributed by atoms with E-state index in [-0.39, 0.29) is 18.6 Å². The minimum atomic E-state index is -0.416. The Kier molecular flexibility index (Phi) is 5.69. The predicted molar refractivity (Wildman–Crippen MR) is 131 cm³/mol. The van der Waals surface area contributed by atoms with Crippen LogP contribution in [0.5, 0.6) is 5.75 Å². The zero-order valence-electron chi connectivity index (χ0n) is 19.6. The lowest BCUT2D eigenvalue weighted by Crippen LogP contribution is -2.60. The Morgan fingerprint density at radius 2 is 2.09 bits per heavy atom. The lowest BCUT2D eigenvalue weighted by Gasteiger charge is -2.54. The number of ether oxygens (including phenoxy) is 1. The van der Waals surface area contributed by atoms with Crippen molar-refractivity contribution in [3.63, 3.8) is 0 Å². The van der Waals surface area contributed by atoms with Gasteiger partial charge in [-0.2, -0.15) is 0 Å². The molecule has 3 saturated heterocycles. The van der Waals surface area contributed by atoms with Crippen molar-refractivity contribution in [3.8, 4) is 5.75 Å². The van der Waals surface area contributed by atoms with Crippen molar-refractivity contribution in [2.45, 2.75) is 57.5 Å². The highest BCUT2D eigenvalue weighted by molar-refractivity contribution is 6.32. The van der Waals surface area contributed by atoms with E-state index in [1.807, 2.05) is 6.92 Å². The molecule has 34 heavy (non-hydrogen) atoms. The Labute approximate surface area is 204 Å². The zero-order valence-corrected chi connectivity index (χ0v) is 20.4. The number of fused-ring (bicyclic) bond motifs is 7. The van der Waals surface area contributed by atoms with Crippen molar-refractivity contribution in [3.05, 3.63) is 50.9 Å². The van der Waals surface area contributed by atoms with E-state index in [0.29, 0.717) is 34.2 Å². The van der Waals surface area contributed by atoms with Crippen molar-refractivity contribution < 1.29 is 13.9 Å². The number of piperidine rings is 3. The molecule has 6 nitrogen and oxygen atoms in total. The van der Waals surface area contributed by atoms with E-state index in [2.05, 4.69) is 15.9 Å². The average Bonchev–Trinajstić information content (AvgIpc) is 2.83. The second-order valence-corrected chi connectivity index (χ2v) is 10.8. The summed E-state index contributed by atoms with van der Waals surface area (Å²) in [6.45, 7) is 4.83. The molecule has 0 N–H and O–H groups in total. The minimum Gasteiger partial charge on any atom is -0.482 e. The number of nitrogens with zero attached hydrogens (tertiary/aromatic N) is 2. The fraction of sp³-hybridized carbons (Fsp3) is 0.556. The van der Waals surface area contributed by atoms with Crippen molar-refractivity contribution in [2.24, 2.45) is 11.8 Å². The third kappa shape index (κ3) is 3.85. The van der Waals surface area contributed by atoms with E-state index >= 15 is 0 Å². The van der Waals surface area contributed by atoms with Crippen molar-refractivity contribution in [2.75, 3.05) is 26.2 Å². The number of carbonyl (C=O) groups is 1. The number of carbonyl (C=O) groups excluding carboxylic acids is 1. The van der Waals surface area contributed by atoms with Crippen LogP contribution in [0.2, 0.25) is 5.02 Å². The topological polar surface area (TPSA) is 63.0 Å². The number of halogens is 1. The molecular weight excluding hydrogens is 452 g/mol. The van der Waals surface area contributed by atoms with Gasteiger partial charge in [-0.15, -0.1) is 0 Å². The SMILES string of the molecule is Cc1cc(=O)oc2cc(OCC(=O)N3CCCC4=C[C@H]5C[C@@H](CN6CCCC[C@@H]56)[C@H]43)c(Cl)cc12. The quantitative estimate of drug-likeness (QED) is 0.474. The van der Waals surface area contributed by atoms with Gasteiger partial charge >= 0.3 is 5.63 Å². The molecule has 7 heteroatoms. The molecular formula is C27H31ClN2O4. The summed E-state index contributed by atoms with van der Waals surface area (Å²) in [7, 11) is 0. The van der Waals surface area contributed by atoms with E-state index < -0.39 is 5.63 Å². The molecule has 1 aliphatic carbocycles. The minimum absolute atomic E-state index is 0.00308. The van der Waals surface area contributed by atoms with Gasteiger partial charge in [-0.1, -0.05) is 29.7 Å². The average molecular weight is 483 g/mol. The number of rotatable bonds is 3. The van der Waals surface area contributed by atoms with Gasteiger partial charge in [0.2, 0.25) is 0 Å². The lowest BCUT2D eigenvalue weighted by atomic mass is 9.68. The van der Waals surface area contributed by atoms with Crippen LogP contribution in [-0.2, 0) is 4.79 Å². The predicted octanol–water partition coefficient (Wildman–Crippen LogP) is 4.56. The summed E-state index contributed by atoms with van der Waals surface area (Å²) in [5, 5.41) is 1.17. The second-order valence-electron chi connectivity index (χ2n) is 10.4. The zero-order chi connectivity index (χ0) is 23.4. The molecule has 1 amide bonds. The molecule has 4 heterocycles.